The summed E-state index contributed by atoms with van der Waals surface area (Å²) in [6.45, 7) is 0.317. The average molecular weight is 394 g/mol. The lowest BCUT2D eigenvalue weighted by Crippen LogP contribution is -2.09. The first-order valence-corrected chi connectivity index (χ1v) is 9.81. The van der Waals surface area contributed by atoms with E-state index in [-0.39, 0.29) is 4.90 Å². The number of ether oxygens (including phenoxy) is 1. The number of halogens is 1. The maximum Gasteiger partial charge on any atom is 0.175 e. The summed E-state index contributed by atoms with van der Waals surface area (Å²) in [4.78, 5) is 0.234. The van der Waals surface area contributed by atoms with Crippen LogP contribution >= 0.6 is 11.6 Å². The molecule has 0 unspecified atom stereocenters. The second kappa shape index (κ2) is 7.30. The van der Waals surface area contributed by atoms with Crippen molar-refractivity contribution in [1.29, 1.82) is 0 Å². The number of aromatic nitrogens is 4. The molecule has 0 aliphatic heterocycles. The van der Waals surface area contributed by atoms with Crippen LogP contribution in [0.4, 0.5) is 5.69 Å². The fourth-order valence-corrected chi connectivity index (χ4v) is 3.26. The van der Waals surface area contributed by atoms with E-state index < -0.39 is 9.84 Å². The molecule has 1 heterocycles. The molecule has 0 bridgehead atoms. The number of methoxy groups -OCH3 is 1. The summed E-state index contributed by atoms with van der Waals surface area (Å²) in [5.74, 6) is 1.07. The number of hydrogen-bond donors (Lipinski definition) is 1. The summed E-state index contributed by atoms with van der Waals surface area (Å²) in [5, 5.41) is 15.3. The van der Waals surface area contributed by atoms with E-state index in [9.17, 15) is 8.42 Å². The summed E-state index contributed by atoms with van der Waals surface area (Å²) >= 11 is 6.11. The summed E-state index contributed by atoms with van der Waals surface area (Å²) < 4.78 is 30.0. The van der Waals surface area contributed by atoms with Crippen LogP contribution in [0.25, 0.3) is 5.69 Å². The van der Waals surface area contributed by atoms with Gasteiger partial charge in [-0.05, 0) is 46.8 Å². The maximum absolute atomic E-state index is 11.6. The highest BCUT2D eigenvalue weighted by Crippen LogP contribution is 2.32. The van der Waals surface area contributed by atoms with Gasteiger partial charge in [0.2, 0.25) is 0 Å². The van der Waals surface area contributed by atoms with Crippen LogP contribution in [-0.4, -0.2) is 42.0 Å². The Hall–Kier alpha value is -2.65. The third-order valence-corrected chi connectivity index (χ3v) is 5.08. The molecule has 0 aliphatic rings. The number of anilines is 1. The highest BCUT2D eigenvalue weighted by molar-refractivity contribution is 7.90. The molecule has 1 N–H and O–H groups in total. The molecular formula is C16H16ClN5O3S. The summed E-state index contributed by atoms with van der Waals surface area (Å²) in [6.07, 6.45) is 1.16. The Kier molecular flexibility index (Phi) is 5.10. The highest BCUT2D eigenvalue weighted by atomic mass is 35.5. The van der Waals surface area contributed by atoms with Crippen LogP contribution in [0.1, 0.15) is 5.82 Å². The molecular weight excluding hydrogens is 378 g/mol. The van der Waals surface area contributed by atoms with E-state index in [4.69, 9.17) is 16.3 Å². The monoisotopic (exact) mass is 393 g/mol. The molecule has 3 aromatic rings. The van der Waals surface area contributed by atoms with Gasteiger partial charge < -0.3 is 10.1 Å². The summed E-state index contributed by atoms with van der Waals surface area (Å²) in [7, 11) is -1.71. The van der Waals surface area contributed by atoms with Crippen molar-refractivity contribution in [3.05, 3.63) is 53.3 Å². The van der Waals surface area contributed by atoms with Crippen LogP contribution in [0.3, 0.4) is 0 Å². The molecule has 0 aliphatic carbocycles. The molecule has 0 radical (unpaired) electrons. The standard InChI is InChI=1S/C16H16ClN5O3S/c1-25-16-13(17)4-3-5-14(16)18-10-15-19-20-21-22(15)11-6-8-12(9-7-11)26(2,23)24/h3-9,18H,10H2,1-2H3. The van der Waals surface area contributed by atoms with Gasteiger partial charge in [0.15, 0.2) is 21.4 Å². The molecule has 26 heavy (non-hydrogen) atoms. The van der Waals surface area contributed by atoms with Crippen molar-refractivity contribution in [2.45, 2.75) is 11.4 Å². The summed E-state index contributed by atoms with van der Waals surface area (Å²) in [5.41, 5.74) is 1.36. The number of para-hydroxylation sites is 1. The van der Waals surface area contributed by atoms with Crippen molar-refractivity contribution in [2.24, 2.45) is 0 Å². The first-order valence-electron chi connectivity index (χ1n) is 7.54. The number of tetrazole rings is 1. The molecule has 2 aromatic carbocycles. The normalized spacial score (nSPS) is 11.3. The second-order valence-electron chi connectivity index (χ2n) is 5.45. The maximum atomic E-state index is 11.6. The molecule has 0 fully saturated rings. The molecule has 3 rings (SSSR count). The van der Waals surface area contributed by atoms with Gasteiger partial charge in [-0.1, -0.05) is 17.7 Å². The Bertz CT molecular complexity index is 1020. The lowest BCUT2D eigenvalue weighted by Gasteiger charge is -2.12. The topological polar surface area (TPSA) is 99.0 Å². The molecule has 136 valence electrons. The number of benzene rings is 2. The van der Waals surface area contributed by atoms with E-state index in [0.717, 1.165) is 6.26 Å². The van der Waals surface area contributed by atoms with Crippen LogP contribution in [0.2, 0.25) is 5.02 Å². The Morgan fingerprint density at radius 3 is 2.58 bits per heavy atom. The number of nitrogens with zero attached hydrogens (tertiary/aromatic N) is 4. The smallest absolute Gasteiger partial charge is 0.175 e. The van der Waals surface area contributed by atoms with E-state index in [0.29, 0.717) is 34.5 Å². The zero-order valence-corrected chi connectivity index (χ0v) is 15.6. The first-order chi connectivity index (χ1) is 12.4. The molecule has 8 nitrogen and oxygen atoms in total. The zero-order chi connectivity index (χ0) is 18.7. The fraction of sp³-hybridized carbons (Fsp3) is 0.188. The van der Waals surface area contributed by atoms with E-state index in [1.54, 1.807) is 31.4 Å². The Morgan fingerprint density at radius 2 is 1.92 bits per heavy atom. The van der Waals surface area contributed by atoms with Crippen molar-refractivity contribution in [3.63, 3.8) is 0 Å². The van der Waals surface area contributed by atoms with Crippen LogP contribution in [-0.2, 0) is 16.4 Å². The largest absolute Gasteiger partial charge is 0.493 e. The molecule has 0 amide bonds. The molecule has 10 heteroatoms. The number of rotatable bonds is 6. The lowest BCUT2D eigenvalue weighted by atomic mass is 10.3. The van der Waals surface area contributed by atoms with E-state index in [1.807, 2.05) is 6.07 Å². The Morgan fingerprint density at radius 1 is 1.19 bits per heavy atom. The van der Waals surface area contributed by atoms with Crippen molar-refractivity contribution in [1.82, 2.24) is 20.2 Å². The fourth-order valence-electron chi connectivity index (χ4n) is 2.38. The van der Waals surface area contributed by atoms with Crippen LogP contribution in [0.5, 0.6) is 5.75 Å². The van der Waals surface area contributed by atoms with Crippen molar-refractivity contribution < 1.29 is 13.2 Å². The minimum absolute atomic E-state index is 0.234. The minimum Gasteiger partial charge on any atom is -0.493 e. The minimum atomic E-state index is -3.26. The predicted molar refractivity (Wildman–Crippen MR) is 97.6 cm³/mol. The van der Waals surface area contributed by atoms with Gasteiger partial charge in [-0.15, -0.1) is 5.10 Å². The van der Waals surface area contributed by atoms with Gasteiger partial charge in [0, 0.05) is 6.26 Å². The number of sulfone groups is 1. The van der Waals surface area contributed by atoms with E-state index in [1.165, 1.54) is 16.8 Å². The molecule has 0 spiro atoms. The third-order valence-electron chi connectivity index (χ3n) is 3.65. The van der Waals surface area contributed by atoms with Gasteiger partial charge in [-0.2, -0.15) is 4.68 Å². The van der Waals surface area contributed by atoms with E-state index >= 15 is 0 Å². The molecule has 0 saturated heterocycles. The zero-order valence-electron chi connectivity index (χ0n) is 14.0. The van der Waals surface area contributed by atoms with E-state index in [2.05, 4.69) is 20.8 Å². The van der Waals surface area contributed by atoms with Crippen LogP contribution in [0, 0.1) is 0 Å². The molecule has 1 aromatic heterocycles. The molecule has 0 saturated carbocycles. The van der Waals surface area contributed by atoms with Gasteiger partial charge in [-0.3, -0.25) is 0 Å². The molecule has 0 atom stereocenters. The Labute approximate surface area is 155 Å². The van der Waals surface area contributed by atoms with Gasteiger partial charge in [0.25, 0.3) is 0 Å². The van der Waals surface area contributed by atoms with Gasteiger partial charge in [0.1, 0.15) is 0 Å². The number of hydrogen-bond acceptors (Lipinski definition) is 7. The van der Waals surface area contributed by atoms with Gasteiger partial charge in [0.05, 0.1) is 34.9 Å². The van der Waals surface area contributed by atoms with Crippen LogP contribution < -0.4 is 10.1 Å². The summed E-state index contributed by atoms with van der Waals surface area (Å²) in [6, 6.07) is 11.7. The Balaban J connectivity index is 1.83. The average Bonchev–Trinajstić information content (AvgIpc) is 3.08. The first kappa shape index (κ1) is 18.2. The number of nitrogens with one attached hydrogen (secondary N) is 1. The van der Waals surface area contributed by atoms with Gasteiger partial charge in [-0.25, -0.2) is 8.42 Å². The quantitative estimate of drug-likeness (QED) is 0.686. The second-order valence-corrected chi connectivity index (χ2v) is 7.87. The van der Waals surface area contributed by atoms with Crippen molar-refractivity contribution in [3.8, 4) is 11.4 Å². The SMILES string of the molecule is COc1c(Cl)cccc1NCc1nnnn1-c1ccc(S(C)(=O)=O)cc1. The predicted octanol–water partition coefficient (Wildman–Crippen LogP) is 2.34. The third kappa shape index (κ3) is 3.78. The van der Waals surface area contributed by atoms with Crippen LogP contribution in [0.15, 0.2) is 47.4 Å². The lowest BCUT2D eigenvalue weighted by molar-refractivity contribution is 0.416. The highest BCUT2D eigenvalue weighted by Gasteiger charge is 2.12. The van der Waals surface area contributed by atoms with Gasteiger partial charge >= 0.3 is 0 Å². The van der Waals surface area contributed by atoms with Crippen molar-refractivity contribution in [2.75, 3.05) is 18.7 Å². The van der Waals surface area contributed by atoms with Crippen molar-refractivity contribution >= 4 is 27.1 Å².